The Morgan fingerprint density at radius 1 is 0.947 bits per heavy atom. The van der Waals surface area contributed by atoms with Crippen molar-refractivity contribution in [3.8, 4) is 0 Å². The lowest BCUT2D eigenvalue weighted by molar-refractivity contribution is 0.262. The molecule has 2 aromatic rings. The van der Waals surface area contributed by atoms with E-state index < -0.39 is 17.7 Å². The fourth-order valence-corrected chi connectivity index (χ4v) is 1.62. The van der Waals surface area contributed by atoms with Crippen LogP contribution in [0.5, 0.6) is 0 Å². The van der Waals surface area contributed by atoms with E-state index in [0.29, 0.717) is 5.69 Å². The molecule has 0 radical (unpaired) electrons. The number of nitrogens with one attached hydrogen (secondary N) is 2. The van der Waals surface area contributed by atoms with Crippen molar-refractivity contribution >= 4 is 29.0 Å². The second kappa shape index (κ2) is 5.67. The maximum atomic E-state index is 12.8. The average Bonchev–Trinajstić information content (AvgIpc) is 2.36. The van der Waals surface area contributed by atoms with E-state index in [1.165, 1.54) is 36.4 Å². The summed E-state index contributed by atoms with van der Waals surface area (Å²) in [6.07, 6.45) is 0. The number of hydrogen-bond donors (Lipinski definition) is 2. The molecule has 0 aliphatic rings. The fourth-order valence-electron chi connectivity index (χ4n) is 1.41. The lowest BCUT2D eigenvalue weighted by atomic mass is 10.3. The van der Waals surface area contributed by atoms with Gasteiger partial charge in [0.15, 0.2) is 0 Å². The Morgan fingerprint density at radius 2 is 1.58 bits per heavy atom. The molecule has 0 saturated heterocycles. The van der Waals surface area contributed by atoms with Crippen LogP contribution in [0.2, 0.25) is 5.02 Å². The summed E-state index contributed by atoms with van der Waals surface area (Å²) in [4.78, 5) is 11.6. The number of carbonyl (C=O) groups is 1. The van der Waals surface area contributed by atoms with Gasteiger partial charge in [-0.3, -0.25) is 0 Å². The van der Waals surface area contributed by atoms with Gasteiger partial charge in [-0.1, -0.05) is 11.6 Å². The van der Waals surface area contributed by atoms with E-state index in [2.05, 4.69) is 10.6 Å². The molecule has 0 atom stereocenters. The topological polar surface area (TPSA) is 41.1 Å². The van der Waals surface area contributed by atoms with Crippen LogP contribution in [0.15, 0.2) is 42.5 Å². The predicted octanol–water partition coefficient (Wildman–Crippen LogP) is 4.26. The molecule has 2 N–H and O–H groups in total. The third-order valence-electron chi connectivity index (χ3n) is 2.28. The summed E-state index contributed by atoms with van der Waals surface area (Å²) in [5.74, 6) is -0.887. The molecule has 0 aliphatic heterocycles. The molecule has 0 fully saturated rings. The Balaban J connectivity index is 2.03. The molecule has 98 valence electrons. The Hall–Kier alpha value is -2.14. The molecule has 19 heavy (non-hydrogen) atoms. The second-order valence-electron chi connectivity index (χ2n) is 3.71. The van der Waals surface area contributed by atoms with E-state index in [1.807, 2.05) is 0 Å². The molecule has 0 bridgehead atoms. The first-order chi connectivity index (χ1) is 9.04. The van der Waals surface area contributed by atoms with Crippen molar-refractivity contribution in [2.45, 2.75) is 0 Å². The van der Waals surface area contributed by atoms with Gasteiger partial charge in [-0.05, 0) is 42.5 Å². The molecule has 2 aromatic carbocycles. The molecule has 0 heterocycles. The first-order valence-corrected chi connectivity index (χ1v) is 5.71. The SMILES string of the molecule is O=C(Nc1ccc(F)cc1)Nc1ccc(F)cc1Cl. The number of hydrogen-bond acceptors (Lipinski definition) is 1. The lowest BCUT2D eigenvalue weighted by Crippen LogP contribution is -2.19. The minimum Gasteiger partial charge on any atom is -0.308 e. The van der Waals surface area contributed by atoms with Gasteiger partial charge in [-0.2, -0.15) is 0 Å². The molecular formula is C13H9ClF2N2O. The Bertz CT molecular complexity index is 602. The Morgan fingerprint density at radius 3 is 2.21 bits per heavy atom. The minimum absolute atomic E-state index is 0.0919. The summed E-state index contributed by atoms with van der Waals surface area (Å²) in [5, 5.41) is 5.04. The minimum atomic E-state index is -0.555. The number of rotatable bonds is 2. The van der Waals surface area contributed by atoms with Gasteiger partial charge in [0, 0.05) is 5.69 Å². The number of anilines is 2. The molecule has 3 nitrogen and oxygen atoms in total. The Kier molecular flexibility index (Phi) is 3.97. The van der Waals surface area contributed by atoms with Gasteiger partial charge in [0.2, 0.25) is 0 Å². The number of benzene rings is 2. The summed E-state index contributed by atoms with van der Waals surface area (Å²) in [6, 6.07) is 8.35. The van der Waals surface area contributed by atoms with Gasteiger partial charge in [-0.15, -0.1) is 0 Å². The Labute approximate surface area is 113 Å². The van der Waals surface area contributed by atoms with Gasteiger partial charge >= 0.3 is 6.03 Å². The van der Waals surface area contributed by atoms with Crippen LogP contribution < -0.4 is 10.6 Å². The molecule has 0 saturated carbocycles. The molecule has 0 unspecified atom stereocenters. The van der Waals surface area contributed by atoms with Crippen molar-refractivity contribution in [2.24, 2.45) is 0 Å². The summed E-state index contributed by atoms with van der Waals surface area (Å²) in [7, 11) is 0. The maximum Gasteiger partial charge on any atom is 0.323 e. The normalized spacial score (nSPS) is 10.1. The summed E-state index contributed by atoms with van der Waals surface area (Å²) in [5.41, 5.74) is 0.708. The largest absolute Gasteiger partial charge is 0.323 e. The van der Waals surface area contributed by atoms with Crippen LogP contribution in [0.4, 0.5) is 25.0 Å². The van der Waals surface area contributed by atoms with E-state index in [1.54, 1.807) is 0 Å². The highest BCUT2D eigenvalue weighted by Crippen LogP contribution is 2.22. The van der Waals surface area contributed by atoms with E-state index in [9.17, 15) is 13.6 Å². The molecule has 6 heteroatoms. The van der Waals surface area contributed by atoms with Crippen LogP contribution in [0.25, 0.3) is 0 Å². The number of amides is 2. The molecule has 2 amide bonds. The molecule has 0 aliphatic carbocycles. The monoisotopic (exact) mass is 282 g/mol. The predicted molar refractivity (Wildman–Crippen MR) is 70.5 cm³/mol. The highest BCUT2D eigenvalue weighted by Gasteiger charge is 2.06. The third-order valence-corrected chi connectivity index (χ3v) is 2.59. The molecule has 2 rings (SSSR count). The number of halogens is 3. The zero-order valence-electron chi connectivity index (χ0n) is 9.58. The third kappa shape index (κ3) is 3.66. The summed E-state index contributed by atoms with van der Waals surface area (Å²) < 4.78 is 25.5. The quantitative estimate of drug-likeness (QED) is 0.849. The fraction of sp³-hybridized carbons (Fsp3) is 0. The van der Waals surface area contributed by atoms with Crippen LogP contribution in [0.3, 0.4) is 0 Å². The van der Waals surface area contributed by atoms with Crippen LogP contribution in [0, 0.1) is 11.6 Å². The van der Waals surface area contributed by atoms with Crippen molar-refractivity contribution < 1.29 is 13.6 Å². The molecule has 0 aromatic heterocycles. The maximum absolute atomic E-state index is 12.8. The van der Waals surface area contributed by atoms with Crippen molar-refractivity contribution in [3.63, 3.8) is 0 Å². The van der Waals surface area contributed by atoms with Crippen molar-refractivity contribution in [1.82, 2.24) is 0 Å². The van der Waals surface area contributed by atoms with Gasteiger partial charge in [0.25, 0.3) is 0 Å². The van der Waals surface area contributed by atoms with Crippen molar-refractivity contribution in [3.05, 3.63) is 59.1 Å². The van der Waals surface area contributed by atoms with Crippen molar-refractivity contribution in [1.29, 1.82) is 0 Å². The lowest BCUT2D eigenvalue weighted by Gasteiger charge is -2.09. The van der Waals surface area contributed by atoms with Gasteiger partial charge in [0.05, 0.1) is 10.7 Å². The summed E-state index contributed by atoms with van der Waals surface area (Å²) >= 11 is 5.77. The summed E-state index contributed by atoms with van der Waals surface area (Å²) in [6.45, 7) is 0. The zero-order chi connectivity index (χ0) is 13.8. The zero-order valence-corrected chi connectivity index (χ0v) is 10.3. The van der Waals surface area contributed by atoms with Crippen LogP contribution in [0.1, 0.15) is 0 Å². The van der Waals surface area contributed by atoms with Gasteiger partial charge < -0.3 is 10.6 Å². The second-order valence-corrected chi connectivity index (χ2v) is 4.12. The first-order valence-electron chi connectivity index (χ1n) is 5.33. The standard InChI is InChI=1S/C13H9ClF2N2O/c14-11-7-9(16)3-6-12(11)18-13(19)17-10-4-1-8(15)2-5-10/h1-7H,(H2,17,18,19). The van der Waals surface area contributed by atoms with E-state index in [-0.39, 0.29) is 10.7 Å². The van der Waals surface area contributed by atoms with E-state index in [0.717, 1.165) is 6.07 Å². The molecular weight excluding hydrogens is 274 g/mol. The average molecular weight is 283 g/mol. The first kappa shape index (κ1) is 13.3. The van der Waals surface area contributed by atoms with E-state index >= 15 is 0 Å². The van der Waals surface area contributed by atoms with Crippen LogP contribution >= 0.6 is 11.6 Å². The number of carbonyl (C=O) groups excluding carboxylic acids is 1. The van der Waals surface area contributed by atoms with Crippen LogP contribution in [-0.2, 0) is 0 Å². The number of urea groups is 1. The van der Waals surface area contributed by atoms with Crippen molar-refractivity contribution in [2.75, 3.05) is 10.6 Å². The molecule has 0 spiro atoms. The van der Waals surface area contributed by atoms with Crippen LogP contribution in [-0.4, -0.2) is 6.03 Å². The highest BCUT2D eigenvalue weighted by atomic mass is 35.5. The highest BCUT2D eigenvalue weighted by molar-refractivity contribution is 6.33. The van der Waals surface area contributed by atoms with Gasteiger partial charge in [0.1, 0.15) is 11.6 Å². The van der Waals surface area contributed by atoms with E-state index in [4.69, 9.17) is 11.6 Å². The van der Waals surface area contributed by atoms with Gasteiger partial charge in [-0.25, -0.2) is 13.6 Å². The smallest absolute Gasteiger partial charge is 0.308 e.